The van der Waals surface area contributed by atoms with Crippen molar-refractivity contribution >= 4 is 5.97 Å². The van der Waals surface area contributed by atoms with Gasteiger partial charge >= 0.3 is 5.97 Å². The maximum atomic E-state index is 13.0. The smallest absolute Gasteiger partial charge is 0.349 e. The fraction of sp³-hybridized carbons (Fsp3) is 0.300. The first-order chi connectivity index (χ1) is 6.91. The van der Waals surface area contributed by atoms with E-state index in [0.717, 1.165) is 6.07 Å². The van der Waals surface area contributed by atoms with Crippen molar-refractivity contribution in [2.45, 2.75) is 19.6 Å². The molecule has 0 fully saturated rings. The molecule has 80 valence electrons. The van der Waals surface area contributed by atoms with E-state index in [0.29, 0.717) is 0 Å². The number of rotatable bonds is 0. The zero-order valence-corrected chi connectivity index (χ0v) is 8.20. The quantitative estimate of drug-likeness (QED) is 0.666. The van der Waals surface area contributed by atoms with Crippen molar-refractivity contribution in [2.75, 3.05) is 0 Å². The zero-order chi connectivity index (χ0) is 11.2. The number of halogens is 1. The van der Waals surface area contributed by atoms with E-state index < -0.39 is 23.3 Å². The molecular formula is C10H9FO4. The van der Waals surface area contributed by atoms with Gasteiger partial charge in [0.05, 0.1) is 0 Å². The molecule has 1 aliphatic rings. The number of aromatic hydroxyl groups is 1. The van der Waals surface area contributed by atoms with Gasteiger partial charge in [-0.1, -0.05) is 0 Å². The molecular weight excluding hydrogens is 203 g/mol. The molecule has 0 aromatic heterocycles. The number of esters is 1. The average molecular weight is 212 g/mol. The van der Waals surface area contributed by atoms with Gasteiger partial charge in [0.25, 0.3) is 0 Å². The molecule has 0 aliphatic carbocycles. The summed E-state index contributed by atoms with van der Waals surface area (Å²) >= 11 is 0. The Balaban J connectivity index is 2.60. The largest absolute Gasteiger partial charge is 0.504 e. The number of fused-ring (bicyclic) bond motifs is 1. The van der Waals surface area contributed by atoms with Gasteiger partial charge < -0.3 is 14.6 Å². The molecule has 0 atom stereocenters. The van der Waals surface area contributed by atoms with Gasteiger partial charge in [-0.3, -0.25) is 0 Å². The number of carbonyl (C=O) groups is 1. The van der Waals surface area contributed by atoms with Crippen molar-refractivity contribution in [3.05, 3.63) is 23.5 Å². The van der Waals surface area contributed by atoms with Gasteiger partial charge in [-0.25, -0.2) is 9.18 Å². The summed E-state index contributed by atoms with van der Waals surface area (Å²) in [5, 5.41) is 9.33. The SMILES string of the molecule is CC1(C)OC(=O)c2c(ccc(F)c2O)O1. The third kappa shape index (κ3) is 1.49. The Morgan fingerprint density at radius 2 is 2.00 bits per heavy atom. The zero-order valence-electron chi connectivity index (χ0n) is 8.20. The summed E-state index contributed by atoms with van der Waals surface area (Å²) in [4.78, 5) is 11.4. The maximum absolute atomic E-state index is 13.0. The molecule has 0 saturated heterocycles. The lowest BCUT2D eigenvalue weighted by atomic mass is 10.1. The van der Waals surface area contributed by atoms with Crippen LogP contribution in [0, 0.1) is 5.82 Å². The minimum absolute atomic E-state index is 0.121. The Kier molecular flexibility index (Phi) is 1.86. The molecule has 1 aliphatic heterocycles. The summed E-state index contributed by atoms with van der Waals surface area (Å²) in [6.45, 7) is 3.10. The van der Waals surface area contributed by atoms with Gasteiger partial charge in [-0.2, -0.15) is 0 Å². The lowest BCUT2D eigenvalue weighted by Gasteiger charge is -2.31. The Labute approximate surface area is 85.2 Å². The number of phenols is 1. The monoisotopic (exact) mass is 212 g/mol. The molecule has 0 bridgehead atoms. The fourth-order valence-electron chi connectivity index (χ4n) is 1.39. The highest BCUT2D eigenvalue weighted by Crippen LogP contribution is 2.37. The minimum atomic E-state index is -1.10. The van der Waals surface area contributed by atoms with Crippen LogP contribution in [-0.2, 0) is 4.74 Å². The van der Waals surface area contributed by atoms with Crippen molar-refractivity contribution in [2.24, 2.45) is 0 Å². The van der Waals surface area contributed by atoms with Crippen molar-refractivity contribution in [3.8, 4) is 11.5 Å². The molecule has 2 rings (SSSR count). The van der Waals surface area contributed by atoms with E-state index in [-0.39, 0.29) is 11.3 Å². The standard InChI is InChI=1S/C10H9FO4/c1-10(2)14-6-4-3-5(11)8(12)7(6)9(13)15-10/h3-4,12H,1-2H3. The van der Waals surface area contributed by atoms with Crippen LogP contribution in [0.5, 0.6) is 11.5 Å². The maximum Gasteiger partial charge on any atom is 0.349 e. The molecule has 15 heavy (non-hydrogen) atoms. The van der Waals surface area contributed by atoms with Crippen molar-refractivity contribution in [1.29, 1.82) is 0 Å². The van der Waals surface area contributed by atoms with Crippen LogP contribution in [0.15, 0.2) is 12.1 Å². The number of phenolic OH excluding ortho intramolecular Hbond substituents is 1. The number of benzene rings is 1. The third-order valence-electron chi connectivity index (χ3n) is 1.99. The summed E-state index contributed by atoms with van der Waals surface area (Å²) in [6.07, 6.45) is 0. The van der Waals surface area contributed by atoms with Gasteiger partial charge in [-0.05, 0) is 12.1 Å². The van der Waals surface area contributed by atoms with Crippen molar-refractivity contribution < 1.29 is 23.8 Å². The molecule has 1 N–H and O–H groups in total. The minimum Gasteiger partial charge on any atom is -0.504 e. The van der Waals surface area contributed by atoms with Crippen LogP contribution >= 0.6 is 0 Å². The van der Waals surface area contributed by atoms with Crippen molar-refractivity contribution in [1.82, 2.24) is 0 Å². The Bertz CT molecular complexity index is 439. The molecule has 0 spiro atoms. The van der Waals surface area contributed by atoms with Crippen LogP contribution in [0.4, 0.5) is 4.39 Å². The highest BCUT2D eigenvalue weighted by Gasteiger charge is 2.36. The van der Waals surface area contributed by atoms with Gasteiger partial charge in [0.2, 0.25) is 5.79 Å². The number of cyclic esters (lactones) is 1. The van der Waals surface area contributed by atoms with Crippen LogP contribution in [0.25, 0.3) is 0 Å². The van der Waals surface area contributed by atoms with E-state index in [1.54, 1.807) is 13.8 Å². The first-order valence-electron chi connectivity index (χ1n) is 4.34. The lowest BCUT2D eigenvalue weighted by molar-refractivity contribution is -0.127. The fourth-order valence-corrected chi connectivity index (χ4v) is 1.39. The molecule has 0 radical (unpaired) electrons. The molecule has 1 aromatic rings. The third-order valence-corrected chi connectivity index (χ3v) is 1.99. The molecule has 4 nitrogen and oxygen atoms in total. The topological polar surface area (TPSA) is 55.8 Å². The van der Waals surface area contributed by atoms with E-state index >= 15 is 0 Å². The molecule has 1 aromatic carbocycles. The molecule has 0 saturated carbocycles. The lowest BCUT2D eigenvalue weighted by Crippen LogP contribution is -2.38. The number of carbonyl (C=O) groups excluding carboxylic acids is 1. The van der Waals surface area contributed by atoms with Gasteiger partial charge in [0, 0.05) is 13.8 Å². The Morgan fingerprint density at radius 1 is 1.33 bits per heavy atom. The summed E-state index contributed by atoms with van der Waals surface area (Å²) in [5.74, 6) is -3.40. The van der Waals surface area contributed by atoms with Crippen LogP contribution in [-0.4, -0.2) is 16.9 Å². The Hall–Kier alpha value is -1.78. The second kappa shape index (κ2) is 2.85. The van der Waals surface area contributed by atoms with Crippen LogP contribution in [0.3, 0.4) is 0 Å². The number of ether oxygens (including phenoxy) is 2. The average Bonchev–Trinajstić information content (AvgIpc) is 2.09. The Morgan fingerprint density at radius 3 is 2.67 bits per heavy atom. The predicted molar refractivity (Wildman–Crippen MR) is 48.2 cm³/mol. The van der Waals surface area contributed by atoms with E-state index in [4.69, 9.17) is 9.47 Å². The van der Waals surface area contributed by atoms with E-state index in [1.807, 2.05) is 0 Å². The summed E-state index contributed by atoms with van der Waals surface area (Å²) in [6, 6.07) is 2.31. The van der Waals surface area contributed by atoms with Crippen LogP contribution in [0.1, 0.15) is 24.2 Å². The van der Waals surface area contributed by atoms with Crippen LogP contribution < -0.4 is 4.74 Å². The van der Waals surface area contributed by atoms with E-state index in [1.165, 1.54) is 6.07 Å². The predicted octanol–water partition coefficient (Wildman–Crippen LogP) is 1.82. The first kappa shape index (κ1) is 9.76. The van der Waals surface area contributed by atoms with Crippen molar-refractivity contribution in [3.63, 3.8) is 0 Å². The highest BCUT2D eigenvalue weighted by atomic mass is 19.1. The van der Waals surface area contributed by atoms with E-state index in [2.05, 4.69) is 0 Å². The number of hydrogen-bond acceptors (Lipinski definition) is 4. The molecule has 0 amide bonds. The molecule has 1 heterocycles. The number of hydrogen-bond donors (Lipinski definition) is 1. The molecule has 5 heteroatoms. The van der Waals surface area contributed by atoms with Gasteiger partial charge in [0.1, 0.15) is 11.3 Å². The highest BCUT2D eigenvalue weighted by molar-refractivity contribution is 5.96. The van der Waals surface area contributed by atoms with Gasteiger partial charge in [0.15, 0.2) is 11.6 Å². The second-order valence-corrected chi connectivity index (χ2v) is 3.66. The second-order valence-electron chi connectivity index (χ2n) is 3.66. The summed E-state index contributed by atoms with van der Waals surface area (Å²) in [7, 11) is 0. The summed E-state index contributed by atoms with van der Waals surface area (Å²) in [5.41, 5.74) is -0.269. The van der Waals surface area contributed by atoms with E-state index in [9.17, 15) is 14.3 Å². The normalized spacial score (nSPS) is 17.7. The molecule has 0 unspecified atom stereocenters. The first-order valence-corrected chi connectivity index (χ1v) is 4.34. The summed E-state index contributed by atoms with van der Waals surface area (Å²) < 4.78 is 23.1. The van der Waals surface area contributed by atoms with Crippen LogP contribution in [0.2, 0.25) is 0 Å². The van der Waals surface area contributed by atoms with Gasteiger partial charge in [-0.15, -0.1) is 0 Å².